The monoisotopic (exact) mass is 261 g/mol. The Hall–Kier alpha value is -1.46. The third-order valence-electron chi connectivity index (χ3n) is 3.49. The topological polar surface area (TPSA) is 47.0 Å². The van der Waals surface area contributed by atoms with Crippen molar-refractivity contribution in [2.45, 2.75) is 11.8 Å². The van der Waals surface area contributed by atoms with Gasteiger partial charge < -0.3 is 10.1 Å². The predicted molar refractivity (Wildman–Crippen MR) is 71.3 cm³/mol. The maximum absolute atomic E-state index is 5.29. The average molecular weight is 261 g/mol. The van der Waals surface area contributed by atoms with E-state index < -0.39 is 0 Å². The summed E-state index contributed by atoms with van der Waals surface area (Å²) in [4.78, 5) is 0. The fraction of sp³-hybridized carbons (Fsp3) is 0.385. The molecule has 3 rings (SSSR count). The molecular weight excluding hydrogens is 246 g/mol. The van der Waals surface area contributed by atoms with Gasteiger partial charge in [-0.3, -0.25) is 0 Å². The summed E-state index contributed by atoms with van der Waals surface area (Å²) in [6.45, 7) is 1.95. The van der Waals surface area contributed by atoms with Gasteiger partial charge in [0.05, 0.1) is 12.8 Å². The standard InChI is InChI=1S/C13H15N3OS/c1-17-10-4-2-3-9(5-10)11-6-14-7-12(11)13-8-18-16-15-13/h2-5,8,11-12,14H,6-7H2,1H3/t11-,12+/m1/s1. The summed E-state index contributed by atoms with van der Waals surface area (Å²) in [5.41, 5.74) is 2.40. The highest BCUT2D eigenvalue weighted by Gasteiger charge is 2.31. The average Bonchev–Trinajstić information content (AvgIpc) is 3.09. The van der Waals surface area contributed by atoms with E-state index in [0.717, 1.165) is 24.5 Å². The number of methoxy groups -OCH3 is 1. The van der Waals surface area contributed by atoms with Crippen molar-refractivity contribution in [2.24, 2.45) is 0 Å². The quantitative estimate of drug-likeness (QED) is 0.918. The first-order chi connectivity index (χ1) is 8.88. The van der Waals surface area contributed by atoms with Crippen LogP contribution < -0.4 is 10.1 Å². The molecule has 1 aliphatic heterocycles. The van der Waals surface area contributed by atoms with Crippen LogP contribution in [0.5, 0.6) is 5.75 Å². The van der Waals surface area contributed by atoms with Crippen LogP contribution in [0, 0.1) is 0 Å². The Balaban J connectivity index is 1.90. The second-order valence-corrected chi connectivity index (χ2v) is 5.09. The maximum atomic E-state index is 5.29. The van der Waals surface area contributed by atoms with Gasteiger partial charge in [-0.1, -0.05) is 16.6 Å². The normalized spacial score (nSPS) is 23.2. The first kappa shape index (κ1) is 11.6. The van der Waals surface area contributed by atoms with Crippen molar-refractivity contribution in [3.05, 3.63) is 40.9 Å². The molecule has 2 heterocycles. The van der Waals surface area contributed by atoms with Crippen molar-refractivity contribution in [1.82, 2.24) is 14.9 Å². The third kappa shape index (κ3) is 2.11. The Morgan fingerprint density at radius 3 is 3.00 bits per heavy atom. The van der Waals surface area contributed by atoms with Gasteiger partial charge in [0, 0.05) is 30.3 Å². The van der Waals surface area contributed by atoms with Crippen LogP contribution in [-0.2, 0) is 0 Å². The van der Waals surface area contributed by atoms with Crippen LogP contribution in [0.4, 0.5) is 0 Å². The molecule has 2 aromatic rings. The van der Waals surface area contributed by atoms with Gasteiger partial charge in [-0.05, 0) is 29.2 Å². The molecule has 5 heteroatoms. The summed E-state index contributed by atoms with van der Waals surface area (Å²) in [6, 6.07) is 8.30. The summed E-state index contributed by atoms with van der Waals surface area (Å²) in [5, 5.41) is 9.70. The molecule has 0 saturated carbocycles. The van der Waals surface area contributed by atoms with E-state index in [0.29, 0.717) is 11.8 Å². The first-order valence-corrected chi connectivity index (χ1v) is 6.84. The van der Waals surface area contributed by atoms with Crippen LogP contribution in [0.1, 0.15) is 23.1 Å². The SMILES string of the molecule is COc1cccc([C@H]2CNC[C@@H]2c2csnn2)c1. The van der Waals surface area contributed by atoms with Crippen LogP contribution in [0.3, 0.4) is 0 Å². The van der Waals surface area contributed by atoms with E-state index in [1.54, 1.807) is 7.11 Å². The Bertz CT molecular complexity index is 515. The molecule has 1 aromatic heterocycles. The van der Waals surface area contributed by atoms with Gasteiger partial charge in [-0.25, -0.2) is 0 Å². The molecule has 1 aromatic carbocycles. The molecular formula is C13H15N3OS. The molecule has 1 saturated heterocycles. The minimum Gasteiger partial charge on any atom is -0.497 e. The molecule has 94 valence electrons. The van der Waals surface area contributed by atoms with Gasteiger partial charge in [-0.2, -0.15) is 0 Å². The highest BCUT2D eigenvalue weighted by molar-refractivity contribution is 7.03. The van der Waals surface area contributed by atoms with Crippen molar-refractivity contribution < 1.29 is 4.74 Å². The van der Waals surface area contributed by atoms with E-state index in [2.05, 4.69) is 27.0 Å². The van der Waals surface area contributed by atoms with Crippen LogP contribution >= 0.6 is 11.5 Å². The number of rotatable bonds is 3. The molecule has 0 bridgehead atoms. The van der Waals surface area contributed by atoms with Crippen molar-refractivity contribution >= 4 is 11.5 Å². The van der Waals surface area contributed by atoms with E-state index in [1.165, 1.54) is 17.1 Å². The Morgan fingerprint density at radius 1 is 1.33 bits per heavy atom. The molecule has 0 aliphatic carbocycles. The number of ether oxygens (including phenoxy) is 1. The molecule has 0 unspecified atom stereocenters. The van der Waals surface area contributed by atoms with Crippen LogP contribution in [0.2, 0.25) is 0 Å². The fourth-order valence-corrected chi connectivity index (χ4v) is 3.06. The third-order valence-corrected chi connectivity index (χ3v) is 4.02. The van der Waals surface area contributed by atoms with E-state index in [-0.39, 0.29) is 0 Å². The summed E-state index contributed by atoms with van der Waals surface area (Å²) in [5.74, 6) is 1.77. The molecule has 0 spiro atoms. The zero-order valence-electron chi connectivity index (χ0n) is 10.2. The van der Waals surface area contributed by atoms with Gasteiger partial charge in [0.25, 0.3) is 0 Å². The summed E-state index contributed by atoms with van der Waals surface area (Å²) < 4.78 is 9.26. The van der Waals surface area contributed by atoms with Gasteiger partial charge >= 0.3 is 0 Å². The van der Waals surface area contributed by atoms with Crippen molar-refractivity contribution in [3.63, 3.8) is 0 Å². The highest BCUT2D eigenvalue weighted by atomic mass is 32.1. The van der Waals surface area contributed by atoms with Crippen LogP contribution in [0.15, 0.2) is 29.6 Å². The molecule has 0 amide bonds. The number of nitrogens with one attached hydrogen (secondary N) is 1. The lowest BCUT2D eigenvalue weighted by molar-refractivity contribution is 0.413. The molecule has 2 atom stereocenters. The maximum Gasteiger partial charge on any atom is 0.119 e. The molecule has 1 N–H and O–H groups in total. The van der Waals surface area contributed by atoms with Gasteiger partial charge in [0.2, 0.25) is 0 Å². The van der Waals surface area contributed by atoms with E-state index in [1.807, 2.05) is 17.5 Å². The summed E-state index contributed by atoms with van der Waals surface area (Å²) in [7, 11) is 1.70. The van der Waals surface area contributed by atoms with E-state index in [4.69, 9.17) is 4.74 Å². The highest BCUT2D eigenvalue weighted by Crippen LogP contribution is 2.36. The van der Waals surface area contributed by atoms with Gasteiger partial charge in [0.15, 0.2) is 0 Å². The number of hydrogen-bond acceptors (Lipinski definition) is 5. The molecule has 1 aliphatic rings. The van der Waals surface area contributed by atoms with Crippen molar-refractivity contribution in [3.8, 4) is 5.75 Å². The lowest BCUT2D eigenvalue weighted by atomic mass is 9.87. The minimum atomic E-state index is 0.413. The summed E-state index contributed by atoms with van der Waals surface area (Å²) in [6.07, 6.45) is 0. The zero-order valence-corrected chi connectivity index (χ0v) is 11.0. The number of hydrogen-bond donors (Lipinski definition) is 1. The molecule has 4 nitrogen and oxygen atoms in total. The summed E-state index contributed by atoms with van der Waals surface area (Å²) >= 11 is 1.42. The smallest absolute Gasteiger partial charge is 0.119 e. The second-order valence-electron chi connectivity index (χ2n) is 4.48. The van der Waals surface area contributed by atoms with E-state index in [9.17, 15) is 0 Å². The van der Waals surface area contributed by atoms with E-state index >= 15 is 0 Å². The Kier molecular flexibility index (Phi) is 3.25. The largest absolute Gasteiger partial charge is 0.497 e. The Morgan fingerprint density at radius 2 is 2.22 bits per heavy atom. The fourth-order valence-electron chi connectivity index (χ4n) is 2.55. The van der Waals surface area contributed by atoms with Crippen LogP contribution in [-0.4, -0.2) is 29.8 Å². The molecule has 1 fully saturated rings. The minimum absolute atomic E-state index is 0.413. The molecule has 0 radical (unpaired) electrons. The molecule has 18 heavy (non-hydrogen) atoms. The first-order valence-electron chi connectivity index (χ1n) is 6.00. The van der Waals surface area contributed by atoms with Gasteiger partial charge in [0.1, 0.15) is 5.75 Å². The number of aromatic nitrogens is 2. The zero-order chi connectivity index (χ0) is 12.4. The van der Waals surface area contributed by atoms with Gasteiger partial charge in [-0.15, -0.1) is 5.10 Å². The predicted octanol–water partition coefficient (Wildman–Crippen LogP) is 2.02. The van der Waals surface area contributed by atoms with Crippen molar-refractivity contribution in [1.29, 1.82) is 0 Å². The number of nitrogens with zero attached hydrogens (tertiary/aromatic N) is 2. The van der Waals surface area contributed by atoms with Crippen molar-refractivity contribution in [2.75, 3.05) is 20.2 Å². The lowest BCUT2D eigenvalue weighted by Crippen LogP contribution is -2.09. The van der Waals surface area contributed by atoms with Crippen LogP contribution in [0.25, 0.3) is 0 Å². The second kappa shape index (κ2) is 5.04. The lowest BCUT2D eigenvalue weighted by Gasteiger charge is -2.17. The number of benzene rings is 1. The Labute approximate surface area is 110 Å².